The Morgan fingerprint density at radius 2 is 1.81 bits per heavy atom. The van der Waals surface area contributed by atoms with Crippen LogP contribution in [0.3, 0.4) is 0 Å². The molecule has 2 aromatic carbocycles. The van der Waals surface area contributed by atoms with Crippen molar-refractivity contribution in [1.82, 2.24) is 5.16 Å². The van der Waals surface area contributed by atoms with Crippen molar-refractivity contribution in [3.63, 3.8) is 0 Å². The Morgan fingerprint density at radius 3 is 2.46 bits per heavy atom. The molecule has 6 nitrogen and oxygen atoms in total. The van der Waals surface area contributed by atoms with Crippen LogP contribution in [0.1, 0.15) is 16.8 Å². The molecule has 3 rings (SSSR count). The van der Waals surface area contributed by atoms with Gasteiger partial charge in [0.25, 0.3) is 10.0 Å². The van der Waals surface area contributed by atoms with Crippen LogP contribution >= 0.6 is 0 Å². The highest BCUT2D eigenvalue weighted by atomic mass is 32.2. The molecule has 0 radical (unpaired) electrons. The third-order valence-corrected chi connectivity index (χ3v) is 5.39. The van der Waals surface area contributed by atoms with Crippen molar-refractivity contribution >= 4 is 15.7 Å². The predicted molar refractivity (Wildman–Crippen MR) is 100.0 cm³/mol. The first kappa shape index (κ1) is 18.0. The Labute approximate surface area is 152 Å². The maximum absolute atomic E-state index is 13.0. The molecule has 0 aliphatic heterocycles. The van der Waals surface area contributed by atoms with Gasteiger partial charge in [0.15, 0.2) is 5.76 Å². The molecule has 0 amide bonds. The third kappa shape index (κ3) is 3.57. The van der Waals surface area contributed by atoms with E-state index >= 15 is 0 Å². The van der Waals surface area contributed by atoms with Crippen LogP contribution in [0.15, 0.2) is 51.9 Å². The summed E-state index contributed by atoms with van der Waals surface area (Å²) in [5.74, 6) is 0.746. The zero-order valence-electron chi connectivity index (χ0n) is 15.0. The number of hydrogen-bond donors (Lipinski definition) is 1. The normalized spacial score (nSPS) is 11.4. The van der Waals surface area contributed by atoms with E-state index < -0.39 is 10.0 Å². The summed E-state index contributed by atoms with van der Waals surface area (Å²) >= 11 is 0. The first-order valence-electron chi connectivity index (χ1n) is 8.02. The van der Waals surface area contributed by atoms with Gasteiger partial charge in [-0.3, -0.25) is 4.72 Å². The number of anilines is 1. The quantitative estimate of drug-likeness (QED) is 0.730. The van der Waals surface area contributed by atoms with E-state index in [4.69, 9.17) is 9.26 Å². The van der Waals surface area contributed by atoms with Gasteiger partial charge in [0.1, 0.15) is 10.6 Å². The van der Waals surface area contributed by atoms with Gasteiger partial charge >= 0.3 is 0 Å². The molecule has 136 valence electrons. The summed E-state index contributed by atoms with van der Waals surface area (Å²) in [5, 5.41) is 3.85. The van der Waals surface area contributed by atoms with Crippen LogP contribution in [-0.4, -0.2) is 20.7 Å². The lowest BCUT2D eigenvalue weighted by Gasteiger charge is -2.14. The van der Waals surface area contributed by atoms with Gasteiger partial charge in [-0.25, -0.2) is 8.42 Å². The van der Waals surface area contributed by atoms with E-state index in [9.17, 15) is 8.42 Å². The standard InChI is InChI=1S/C19H20N2O4S/c1-12-5-6-13(2)16(9-12)21-26(22,23)19-11-15(7-8-17(19)24-4)18-10-14(3)20-25-18/h5-11,21H,1-4H3. The number of nitrogens with zero attached hydrogens (tertiary/aromatic N) is 1. The van der Waals surface area contributed by atoms with Gasteiger partial charge in [-0.2, -0.15) is 0 Å². The second-order valence-corrected chi connectivity index (χ2v) is 7.77. The molecule has 0 aliphatic rings. The van der Waals surface area contributed by atoms with Gasteiger partial charge in [0.2, 0.25) is 0 Å². The fourth-order valence-corrected chi connectivity index (χ4v) is 3.90. The molecule has 0 bridgehead atoms. The fraction of sp³-hybridized carbons (Fsp3) is 0.211. The van der Waals surface area contributed by atoms with Crippen molar-refractivity contribution in [3.05, 3.63) is 59.3 Å². The Morgan fingerprint density at radius 1 is 1.04 bits per heavy atom. The highest BCUT2D eigenvalue weighted by Crippen LogP contribution is 2.32. The van der Waals surface area contributed by atoms with E-state index in [0.717, 1.165) is 11.1 Å². The van der Waals surface area contributed by atoms with Crippen LogP contribution in [-0.2, 0) is 10.0 Å². The number of ether oxygens (including phenoxy) is 1. The number of sulfonamides is 1. The largest absolute Gasteiger partial charge is 0.495 e. The van der Waals surface area contributed by atoms with Gasteiger partial charge in [0, 0.05) is 11.6 Å². The highest BCUT2D eigenvalue weighted by Gasteiger charge is 2.22. The molecule has 1 aromatic heterocycles. The van der Waals surface area contributed by atoms with Crippen molar-refractivity contribution in [2.75, 3.05) is 11.8 Å². The number of benzene rings is 2. The first-order valence-corrected chi connectivity index (χ1v) is 9.50. The van der Waals surface area contributed by atoms with Crippen LogP contribution in [0, 0.1) is 20.8 Å². The Hall–Kier alpha value is -2.80. The lowest BCUT2D eigenvalue weighted by molar-refractivity contribution is 0.402. The average molecular weight is 372 g/mol. The first-order chi connectivity index (χ1) is 12.3. The lowest BCUT2D eigenvalue weighted by atomic mass is 10.1. The summed E-state index contributed by atoms with van der Waals surface area (Å²) in [6.45, 7) is 5.56. The molecule has 0 fully saturated rings. The fourth-order valence-electron chi connectivity index (χ4n) is 2.59. The van der Waals surface area contributed by atoms with E-state index in [1.165, 1.54) is 13.2 Å². The Bertz CT molecular complexity index is 1060. The molecule has 0 saturated carbocycles. The lowest BCUT2D eigenvalue weighted by Crippen LogP contribution is -2.15. The molecule has 7 heteroatoms. The Kier molecular flexibility index (Phi) is 4.73. The summed E-state index contributed by atoms with van der Waals surface area (Å²) in [7, 11) is -2.42. The van der Waals surface area contributed by atoms with Crippen molar-refractivity contribution in [3.8, 4) is 17.1 Å². The summed E-state index contributed by atoms with van der Waals surface area (Å²) in [5.41, 5.74) is 3.65. The maximum Gasteiger partial charge on any atom is 0.265 e. The van der Waals surface area contributed by atoms with E-state index in [0.29, 0.717) is 22.7 Å². The van der Waals surface area contributed by atoms with Crippen molar-refractivity contribution in [2.24, 2.45) is 0 Å². The summed E-state index contributed by atoms with van der Waals surface area (Å²) < 4.78 is 39.1. The Balaban J connectivity index is 2.06. The molecule has 0 spiro atoms. The van der Waals surface area contributed by atoms with Gasteiger partial charge in [0.05, 0.1) is 18.5 Å². The highest BCUT2D eigenvalue weighted by molar-refractivity contribution is 7.92. The van der Waals surface area contributed by atoms with Crippen LogP contribution in [0.5, 0.6) is 5.75 Å². The van der Waals surface area contributed by atoms with Crippen molar-refractivity contribution in [1.29, 1.82) is 0 Å². The molecule has 3 aromatic rings. The monoisotopic (exact) mass is 372 g/mol. The molecule has 0 aliphatic carbocycles. The summed E-state index contributed by atoms with van der Waals surface area (Å²) in [4.78, 5) is 0.0347. The van der Waals surface area contributed by atoms with Crippen LogP contribution in [0.4, 0.5) is 5.69 Å². The average Bonchev–Trinajstić information content (AvgIpc) is 3.04. The van der Waals surface area contributed by atoms with Gasteiger partial charge < -0.3 is 9.26 Å². The van der Waals surface area contributed by atoms with Crippen LogP contribution < -0.4 is 9.46 Å². The van der Waals surface area contributed by atoms with Gasteiger partial charge in [-0.1, -0.05) is 17.3 Å². The zero-order valence-corrected chi connectivity index (χ0v) is 15.8. The SMILES string of the molecule is COc1ccc(-c2cc(C)no2)cc1S(=O)(=O)Nc1cc(C)ccc1C. The van der Waals surface area contributed by atoms with Crippen LogP contribution in [0.25, 0.3) is 11.3 Å². The minimum Gasteiger partial charge on any atom is -0.495 e. The van der Waals surface area contributed by atoms with E-state index in [1.807, 2.05) is 26.0 Å². The number of aryl methyl sites for hydroxylation is 3. The number of aromatic nitrogens is 1. The number of nitrogens with one attached hydrogen (secondary N) is 1. The molecule has 0 unspecified atom stereocenters. The predicted octanol–water partition coefficient (Wildman–Crippen LogP) is 4.08. The van der Waals surface area contributed by atoms with Crippen molar-refractivity contribution in [2.45, 2.75) is 25.7 Å². The van der Waals surface area contributed by atoms with Crippen molar-refractivity contribution < 1.29 is 17.7 Å². The molecule has 0 saturated heterocycles. The van der Waals surface area contributed by atoms with Crippen LogP contribution in [0.2, 0.25) is 0 Å². The minimum absolute atomic E-state index is 0.0347. The molecule has 26 heavy (non-hydrogen) atoms. The summed E-state index contributed by atoms with van der Waals surface area (Å²) in [6.07, 6.45) is 0. The third-order valence-electron chi connectivity index (χ3n) is 4.00. The van der Waals surface area contributed by atoms with Gasteiger partial charge in [-0.05, 0) is 56.2 Å². The topological polar surface area (TPSA) is 81.4 Å². The van der Waals surface area contributed by atoms with E-state index in [2.05, 4.69) is 9.88 Å². The van der Waals surface area contributed by atoms with E-state index in [-0.39, 0.29) is 10.6 Å². The number of hydrogen-bond acceptors (Lipinski definition) is 5. The second-order valence-electron chi connectivity index (χ2n) is 6.12. The molecular weight excluding hydrogens is 352 g/mol. The molecular formula is C19H20N2O4S. The second kappa shape index (κ2) is 6.84. The smallest absolute Gasteiger partial charge is 0.265 e. The van der Waals surface area contributed by atoms with Gasteiger partial charge in [-0.15, -0.1) is 0 Å². The number of rotatable bonds is 5. The van der Waals surface area contributed by atoms with E-state index in [1.54, 1.807) is 31.2 Å². The summed E-state index contributed by atoms with van der Waals surface area (Å²) in [6, 6.07) is 12.2. The zero-order chi connectivity index (χ0) is 18.9. The molecule has 1 N–H and O–H groups in total. The number of methoxy groups -OCH3 is 1. The molecule has 0 atom stereocenters. The maximum atomic E-state index is 13.0. The minimum atomic E-state index is -3.86. The molecule has 1 heterocycles.